The number of nitrogen functional groups attached to an aromatic ring is 2. The van der Waals surface area contributed by atoms with Crippen LogP contribution < -0.4 is 20.9 Å². The Morgan fingerprint density at radius 2 is 1.52 bits per heavy atom. The number of hydrogen-bond acceptors (Lipinski definition) is 5. The van der Waals surface area contributed by atoms with Gasteiger partial charge < -0.3 is 20.9 Å². The summed E-state index contributed by atoms with van der Waals surface area (Å²) in [5, 5.41) is 0. The van der Waals surface area contributed by atoms with Gasteiger partial charge in [0.05, 0.1) is 11.4 Å². The average molecular weight is 343 g/mol. The van der Waals surface area contributed by atoms with Crippen LogP contribution in [0.15, 0.2) is 42.5 Å². The molecular formula is C20H29N3O2. The van der Waals surface area contributed by atoms with E-state index in [9.17, 15) is 0 Å². The zero-order chi connectivity index (χ0) is 18.1. The number of hydrogen-bond donors (Lipinski definition) is 2. The van der Waals surface area contributed by atoms with Gasteiger partial charge in [0.2, 0.25) is 0 Å². The maximum Gasteiger partial charge on any atom is 0.169 e. The molecule has 0 radical (unpaired) electrons. The topological polar surface area (TPSA) is 73.7 Å². The quantitative estimate of drug-likeness (QED) is 0.634. The molecule has 4 N–H and O–H groups in total. The zero-order valence-electron chi connectivity index (χ0n) is 15.2. The summed E-state index contributed by atoms with van der Waals surface area (Å²) in [6, 6.07) is 12.9. The molecule has 0 saturated carbocycles. The second-order valence-electron chi connectivity index (χ2n) is 6.03. The first-order valence-corrected chi connectivity index (χ1v) is 8.91. The summed E-state index contributed by atoms with van der Waals surface area (Å²) in [4.78, 5) is 2.42. The predicted octanol–water partition coefficient (Wildman–Crippen LogP) is 4.14. The summed E-state index contributed by atoms with van der Waals surface area (Å²) >= 11 is 0. The molecule has 0 atom stereocenters. The van der Waals surface area contributed by atoms with Crippen molar-refractivity contribution < 1.29 is 9.47 Å². The monoisotopic (exact) mass is 343 g/mol. The molecule has 2 aromatic rings. The molecule has 0 spiro atoms. The minimum absolute atomic E-state index is 0.505. The third-order valence-corrected chi connectivity index (χ3v) is 3.88. The van der Waals surface area contributed by atoms with Crippen molar-refractivity contribution in [2.24, 2.45) is 0 Å². The van der Waals surface area contributed by atoms with Crippen LogP contribution in [0.2, 0.25) is 0 Å². The van der Waals surface area contributed by atoms with E-state index in [-0.39, 0.29) is 0 Å². The van der Waals surface area contributed by atoms with Crippen LogP contribution in [0.5, 0.6) is 17.2 Å². The molecule has 0 aliphatic heterocycles. The average Bonchev–Trinajstić information content (AvgIpc) is 2.60. The standard InChI is InChI=1S/C20H29N3O2/c1-3-11-23(12-4-2)13-14-24-19-7-5-6-8-20(19)25-16-9-10-17(21)18(22)15-16/h5-10,15H,3-4,11-14,21-22H2,1-2H3. The molecule has 136 valence electrons. The first-order chi connectivity index (χ1) is 12.1. The summed E-state index contributed by atoms with van der Waals surface area (Å²) in [5.41, 5.74) is 12.6. The highest BCUT2D eigenvalue weighted by molar-refractivity contribution is 5.65. The first-order valence-electron chi connectivity index (χ1n) is 8.91. The Kier molecular flexibility index (Phi) is 7.41. The highest BCUT2D eigenvalue weighted by Crippen LogP contribution is 2.33. The van der Waals surface area contributed by atoms with Crippen molar-refractivity contribution in [1.82, 2.24) is 4.90 Å². The fraction of sp³-hybridized carbons (Fsp3) is 0.400. The fourth-order valence-corrected chi connectivity index (χ4v) is 2.65. The lowest BCUT2D eigenvalue weighted by molar-refractivity contribution is 0.205. The lowest BCUT2D eigenvalue weighted by Gasteiger charge is -2.21. The minimum Gasteiger partial charge on any atom is -0.488 e. The van der Waals surface area contributed by atoms with Crippen molar-refractivity contribution in [2.75, 3.05) is 37.7 Å². The van der Waals surface area contributed by atoms with Gasteiger partial charge in [0.15, 0.2) is 11.5 Å². The molecule has 0 aliphatic rings. The molecule has 2 aromatic carbocycles. The van der Waals surface area contributed by atoms with Crippen LogP contribution in [0, 0.1) is 0 Å². The number of ether oxygens (including phenoxy) is 2. The molecule has 0 amide bonds. The van der Waals surface area contributed by atoms with Crippen LogP contribution in [0.3, 0.4) is 0 Å². The molecule has 0 saturated heterocycles. The van der Waals surface area contributed by atoms with Gasteiger partial charge >= 0.3 is 0 Å². The van der Waals surface area contributed by atoms with Crippen molar-refractivity contribution in [2.45, 2.75) is 26.7 Å². The van der Waals surface area contributed by atoms with E-state index in [0.717, 1.165) is 38.2 Å². The molecule has 0 aliphatic carbocycles. The number of benzene rings is 2. The van der Waals surface area contributed by atoms with Gasteiger partial charge in [-0.1, -0.05) is 26.0 Å². The molecular weight excluding hydrogens is 314 g/mol. The van der Waals surface area contributed by atoms with Crippen LogP contribution in [-0.4, -0.2) is 31.1 Å². The highest BCUT2D eigenvalue weighted by atomic mass is 16.5. The Bertz CT molecular complexity index is 655. The highest BCUT2D eigenvalue weighted by Gasteiger charge is 2.08. The van der Waals surface area contributed by atoms with Gasteiger partial charge in [-0.15, -0.1) is 0 Å². The van der Waals surface area contributed by atoms with E-state index in [0.29, 0.717) is 29.5 Å². The van der Waals surface area contributed by atoms with Gasteiger partial charge in [-0.2, -0.15) is 0 Å². The lowest BCUT2D eigenvalue weighted by atomic mass is 10.2. The van der Waals surface area contributed by atoms with Crippen LogP contribution >= 0.6 is 0 Å². The summed E-state index contributed by atoms with van der Waals surface area (Å²) < 4.78 is 11.9. The molecule has 2 rings (SSSR count). The second-order valence-corrected chi connectivity index (χ2v) is 6.03. The van der Waals surface area contributed by atoms with E-state index in [2.05, 4.69) is 18.7 Å². The van der Waals surface area contributed by atoms with Gasteiger partial charge in [0.25, 0.3) is 0 Å². The van der Waals surface area contributed by atoms with E-state index in [1.54, 1.807) is 18.2 Å². The third kappa shape index (κ3) is 5.87. The van der Waals surface area contributed by atoms with E-state index in [4.69, 9.17) is 20.9 Å². The maximum absolute atomic E-state index is 5.96. The van der Waals surface area contributed by atoms with Crippen molar-refractivity contribution in [3.05, 3.63) is 42.5 Å². The van der Waals surface area contributed by atoms with Gasteiger partial charge in [-0.05, 0) is 50.2 Å². The smallest absolute Gasteiger partial charge is 0.169 e. The van der Waals surface area contributed by atoms with Gasteiger partial charge in [0.1, 0.15) is 12.4 Å². The number of rotatable bonds is 10. The molecule has 0 heterocycles. The van der Waals surface area contributed by atoms with Crippen molar-refractivity contribution in [3.63, 3.8) is 0 Å². The number of anilines is 2. The van der Waals surface area contributed by atoms with Gasteiger partial charge in [-0.25, -0.2) is 0 Å². The summed E-state index contributed by atoms with van der Waals surface area (Å²) in [6.07, 6.45) is 2.30. The second kappa shape index (κ2) is 9.79. The van der Waals surface area contributed by atoms with Crippen molar-refractivity contribution >= 4 is 11.4 Å². The lowest BCUT2D eigenvalue weighted by Crippen LogP contribution is -2.30. The molecule has 0 unspecified atom stereocenters. The molecule has 0 bridgehead atoms. The van der Waals surface area contributed by atoms with Crippen LogP contribution in [0.4, 0.5) is 11.4 Å². The van der Waals surface area contributed by atoms with Crippen LogP contribution in [0.1, 0.15) is 26.7 Å². The largest absolute Gasteiger partial charge is 0.488 e. The fourth-order valence-electron chi connectivity index (χ4n) is 2.65. The van der Waals surface area contributed by atoms with Crippen molar-refractivity contribution in [1.29, 1.82) is 0 Å². The Morgan fingerprint density at radius 1 is 0.840 bits per heavy atom. The van der Waals surface area contributed by atoms with E-state index >= 15 is 0 Å². The van der Waals surface area contributed by atoms with Crippen molar-refractivity contribution in [3.8, 4) is 17.2 Å². The molecule has 25 heavy (non-hydrogen) atoms. The third-order valence-electron chi connectivity index (χ3n) is 3.88. The molecule has 5 nitrogen and oxygen atoms in total. The Balaban J connectivity index is 1.98. The number of nitrogens with zero attached hydrogens (tertiary/aromatic N) is 1. The maximum atomic E-state index is 5.96. The Hall–Kier alpha value is -2.40. The Labute approximate surface area is 150 Å². The SMILES string of the molecule is CCCN(CCC)CCOc1ccccc1Oc1ccc(N)c(N)c1. The molecule has 0 fully saturated rings. The minimum atomic E-state index is 0.505. The van der Waals surface area contributed by atoms with Crippen LogP contribution in [-0.2, 0) is 0 Å². The Morgan fingerprint density at radius 3 is 2.16 bits per heavy atom. The number of nitrogens with two attached hydrogens (primary N) is 2. The zero-order valence-corrected chi connectivity index (χ0v) is 15.2. The summed E-state index contributed by atoms with van der Waals surface area (Å²) in [5.74, 6) is 2.04. The summed E-state index contributed by atoms with van der Waals surface area (Å²) in [6.45, 7) is 8.13. The normalized spacial score (nSPS) is 10.8. The summed E-state index contributed by atoms with van der Waals surface area (Å²) in [7, 11) is 0. The number of para-hydroxylation sites is 2. The van der Waals surface area contributed by atoms with E-state index < -0.39 is 0 Å². The molecule has 5 heteroatoms. The van der Waals surface area contributed by atoms with E-state index in [1.807, 2.05) is 24.3 Å². The van der Waals surface area contributed by atoms with E-state index in [1.165, 1.54) is 0 Å². The first kappa shape index (κ1) is 18.9. The predicted molar refractivity (Wildman–Crippen MR) is 104 cm³/mol. The van der Waals surface area contributed by atoms with Gasteiger partial charge in [-0.3, -0.25) is 4.90 Å². The van der Waals surface area contributed by atoms with Gasteiger partial charge in [0, 0.05) is 12.6 Å². The molecule has 0 aromatic heterocycles. The van der Waals surface area contributed by atoms with Crippen LogP contribution in [0.25, 0.3) is 0 Å².